The normalized spacial score (nSPS) is 26.3. The summed E-state index contributed by atoms with van der Waals surface area (Å²) in [6.07, 6.45) is 5.68. The Hall–Kier alpha value is -0.120. The van der Waals surface area contributed by atoms with Crippen molar-refractivity contribution in [3.05, 3.63) is 0 Å². The Balaban J connectivity index is 2.37. The van der Waals surface area contributed by atoms with Crippen LogP contribution in [0, 0.1) is 0 Å². The minimum atomic E-state index is -0.595. The molecule has 17 heavy (non-hydrogen) atoms. The third-order valence-corrected chi connectivity index (χ3v) is 3.60. The van der Waals surface area contributed by atoms with Gasteiger partial charge in [-0.1, -0.05) is 12.8 Å². The summed E-state index contributed by atoms with van der Waals surface area (Å²) in [6, 6.07) is 0.256. The molecule has 0 bridgehead atoms. The largest absolute Gasteiger partial charge is 0.389 e. The molecule has 0 aromatic rings. The molecule has 2 atom stereocenters. The first kappa shape index (κ1) is 14.9. The van der Waals surface area contributed by atoms with E-state index < -0.39 is 5.60 Å². The van der Waals surface area contributed by atoms with Gasteiger partial charge < -0.3 is 15.7 Å². The molecular formula is C14H30N2O. The summed E-state index contributed by atoms with van der Waals surface area (Å²) < 4.78 is 0. The number of rotatable bonds is 4. The molecule has 0 radical (unpaired) electrons. The van der Waals surface area contributed by atoms with Crippen molar-refractivity contribution in [3.8, 4) is 0 Å². The lowest BCUT2D eigenvalue weighted by molar-refractivity contribution is 0.00909. The van der Waals surface area contributed by atoms with Gasteiger partial charge in [-0.25, -0.2) is 0 Å². The maximum atomic E-state index is 10.6. The van der Waals surface area contributed by atoms with Gasteiger partial charge >= 0.3 is 0 Å². The van der Waals surface area contributed by atoms with Crippen molar-refractivity contribution in [2.24, 2.45) is 0 Å². The van der Waals surface area contributed by atoms with E-state index in [2.05, 4.69) is 31.4 Å². The van der Waals surface area contributed by atoms with Gasteiger partial charge in [-0.15, -0.1) is 0 Å². The van der Waals surface area contributed by atoms with E-state index in [1.807, 2.05) is 6.92 Å². The molecule has 1 fully saturated rings. The minimum absolute atomic E-state index is 0.132. The predicted molar refractivity (Wildman–Crippen MR) is 73.3 cm³/mol. The first-order valence-corrected chi connectivity index (χ1v) is 7.02. The minimum Gasteiger partial charge on any atom is -0.389 e. The van der Waals surface area contributed by atoms with Gasteiger partial charge in [0.2, 0.25) is 0 Å². The van der Waals surface area contributed by atoms with Crippen LogP contribution in [0.25, 0.3) is 0 Å². The van der Waals surface area contributed by atoms with Gasteiger partial charge in [0, 0.05) is 11.6 Å². The van der Waals surface area contributed by atoms with Crippen molar-refractivity contribution in [3.63, 3.8) is 0 Å². The molecule has 3 heteroatoms. The molecule has 102 valence electrons. The molecule has 1 aliphatic rings. The zero-order valence-corrected chi connectivity index (χ0v) is 12.0. The first-order valence-electron chi connectivity index (χ1n) is 7.02. The molecule has 0 aromatic carbocycles. The summed E-state index contributed by atoms with van der Waals surface area (Å²) in [5.41, 5.74) is -0.463. The van der Waals surface area contributed by atoms with E-state index in [-0.39, 0.29) is 11.6 Å². The number of aliphatic hydroxyl groups is 1. The fourth-order valence-corrected chi connectivity index (χ4v) is 2.42. The van der Waals surface area contributed by atoms with Crippen LogP contribution in [0.2, 0.25) is 0 Å². The quantitative estimate of drug-likeness (QED) is 0.707. The van der Waals surface area contributed by atoms with Crippen molar-refractivity contribution in [1.82, 2.24) is 10.6 Å². The van der Waals surface area contributed by atoms with Gasteiger partial charge in [-0.05, 0) is 60.0 Å². The highest BCUT2D eigenvalue weighted by Crippen LogP contribution is 2.22. The molecule has 1 rings (SSSR count). The summed E-state index contributed by atoms with van der Waals surface area (Å²) in [6.45, 7) is 10.4. The van der Waals surface area contributed by atoms with Crippen LogP contribution in [-0.2, 0) is 0 Å². The molecule has 1 aliphatic heterocycles. The lowest BCUT2D eigenvalue weighted by Gasteiger charge is -2.34. The van der Waals surface area contributed by atoms with Gasteiger partial charge in [0.1, 0.15) is 0 Å². The fourth-order valence-electron chi connectivity index (χ4n) is 2.42. The molecule has 3 N–H and O–H groups in total. The van der Waals surface area contributed by atoms with E-state index in [1.54, 1.807) is 0 Å². The van der Waals surface area contributed by atoms with Crippen LogP contribution in [0.1, 0.15) is 59.8 Å². The smallest absolute Gasteiger partial charge is 0.0784 e. The van der Waals surface area contributed by atoms with Gasteiger partial charge in [-0.3, -0.25) is 0 Å². The van der Waals surface area contributed by atoms with Gasteiger partial charge in [0.05, 0.1) is 5.60 Å². The Labute approximate surface area is 106 Å². The van der Waals surface area contributed by atoms with Crippen LogP contribution in [0.3, 0.4) is 0 Å². The van der Waals surface area contributed by atoms with Gasteiger partial charge in [0.25, 0.3) is 0 Å². The molecule has 0 spiro atoms. The highest BCUT2D eigenvalue weighted by Gasteiger charge is 2.31. The molecule has 0 amide bonds. The standard InChI is InChI=1S/C14H30N2O/c1-13(2,3)16-11-9-14(4,17)12-8-6-5-7-10-15-12/h12,15-17H,5-11H2,1-4H3. The highest BCUT2D eigenvalue weighted by molar-refractivity contribution is 4.90. The van der Waals surface area contributed by atoms with E-state index in [0.717, 1.165) is 25.9 Å². The Kier molecular flexibility index (Phi) is 5.42. The third kappa shape index (κ3) is 5.84. The van der Waals surface area contributed by atoms with Crippen molar-refractivity contribution < 1.29 is 5.11 Å². The van der Waals surface area contributed by atoms with E-state index in [1.165, 1.54) is 19.3 Å². The van der Waals surface area contributed by atoms with Crippen LogP contribution in [0.15, 0.2) is 0 Å². The SMILES string of the molecule is CC(C)(C)NCCC(C)(O)C1CCCCCN1. The number of hydrogen-bond acceptors (Lipinski definition) is 3. The maximum Gasteiger partial charge on any atom is 0.0784 e. The fraction of sp³-hybridized carbons (Fsp3) is 1.00. The molecule has 1 saturated heterocycles. The van der Waals surface area contributed by atoms with Crippen LogP contribution in [0.5, 0.6) is 0 Å². The van der Waals surface area contributed by atoms with E-state index >= 15 is 0 Å². The zero-order valence-electron chi connectivity index (χ0n) is 12.0. The lowest BCUT2D eigenvalue weighted by atomic mass is 9.89. The summed E-state index contributed by atoms with van der Waals surface area (Å²) >= 11 is 0. The monoisotopic (exact) mass is 242 g/mol. The van der Waals surface area contributed by atoms with Gasteiger partial charge in [0.15, 0.2) is 0 Å². The molecular weight excluding hydrogens is 212 g/mol. The Morgan fingerprint density at radius 1 is 1.18 bits per heavy atom. The average Bonchev–Trinajstić information content (AvgIpc) is 2.43. The molecule has 0 saturated carbocycles. The highest BCUT2D eigenvalue weighted by atomic mass is 16.3. The topological polar surface area (TPSA) is 44.3 Å². The van der Waals surface area contributed by atoms with Crippen molar-refractivity contribution in [1.29, 1.82) is 0 Å². The first-order chi connectivity index (χ1) is 7.81. The second kappa shape index (κ2) is 6.17. The summed E-state index contributed by atoms with van der Waals surface area (Å²) in [4.78, 5) is 0. The Morgan fingerprint density at radius 3 is 2.53 bits per heavy atom. The van der Waals surface area contributed by atoms with Crippen molar-refractivity contribution in [2.75, 3.05) is 13.1 Å². The summed E-state index contributed by atoms with van der Waals surface area (Å²) in [5, 5.41) is 17.5. The maximum absolute atomic E-state index is 10.6. The Morgan fingerprint density at radius 2 is 1.88 bits per heavy atom. The Bertz CT molecular complexity index is 213. The molecule has 0 aromatic heterocycles. The third-order valence-electron chi connectivity index (χ3n) is 3.60. The van der Waals surface area contributed by atoms with Crippen LogP contribution in [0.4, 0.5) is 0 Å². The van der Waals surface area contributed by atoms with Crippen LogP contribution >= 0.6 is 0 Å². The number of nitrogens with one attached hydrogen (secondary N) is 2. The summed E-state index contributed by atoms with van der Waals surface area (Å²) in [7, 11) is 0. The van der Waals surface area contributed by atoms with E-state index in [4.69, 9.17) is 0 Å². The van der Waals surface area contributed by atoms with Crippen LogP contribution < -0.4 is 10.6 Å². The van der Waals surface area contributed by atoms with Gasteiger partial charge in [-0.2, -0.15) is 0 Å². The van der Waals surface area contributed by atoms with Crippen LogP contribution in [-0.4, -0.2) is 35.4 Å². The summed E-state index contributed by atoms with van der Waals surface area (Å²) in [5.74, 6) is 0. The van der Waals surface area contributed by atoms with E-state index in [9.17, 15) is 5.11 Å². The average molecular weight is 242 g/mol. The molecule has 0 aliphatic carbocycles. The van der Waals surface area contributed by atoms with Crippen molar-refractivity contribution >= 4 is 0 Å². The molecule has 3 nitrogen and oxygen atoms in total. The van der Waals surface area contributed by atoms with E-state index in [0.29, 0.717) is 0 Å². The zero-order chi connectivity index (χ0) is 12.9. The second-order valence-corrected chi connectivity index (χ2v) is 6.64. The van der Waals surface area contributed by atoms with Crippen molar-refractivity contribution in [2.45, 2.75) is 77.0 Å². The molecule has 2 unspecified atom stereocenters. The second-order valence-electron chi connectivity index (χ2n) is 6.64. The number of hydrogen-bond donors (Lipinski definition) is 3. The lowest BCUT2D eigenvalue weighted by Crippen LogP contribution is -2.50. The predicted octanol–water partition coefficient (Wildman–Crippen LogP) is 2.05. The molecule has 1 heterocycles.